The van der Waals surface area contributed by atoms with Crippen LogP contribution < -0.4 is 9.80 Å². The Hall–Kier alpha value is -3.24. The highest BCUT2D eigenvalue weighted by Crippen LogP contribution is 2.49. The number of benzene rings is 3. The zero-order valence-corrected chi connectivity index (χ0v) is 18.9. The summed E-state index contributed by atoms with van der Waals surface area (Å²) < 4.78 is 5.30. The third kappa shape index (κ3) is 3.55. The van der Waals surface area contributed by atoms with Gasteiger partial charge in [-0.3, -0.25) is 0 Å². The SMILES string of the molecule is COC(=O)[C@@H]1C2=CC(c3cccc(Cl)c3)CN(C)c3cccc(c32)N1Cc1ccccc1. The summed E-state index contributed by atoms with van der Waals surface area (Å²) in [7, 11) is 3.57. The molecule has 2 aliphatic rings. The van der Waals surface area contributed by atoms with Gasteiger partial charge >= 0.3 is 5.97 Å². The fourth-order valence-corrected chi connectivity index (χ4v) is 5.12. The van der Waals surface area contributed by atoms with Crippen molar-refractivity contribution < 1.29 is 9.53 Å². The minimum Gasteiger partial charge on any atom is -0.467 e. The van der Waals surface area contributed by atoms with E-state index in [2.05, 4.69) is 59.3 Å². The van der Waals surface area contributed by atoms with Gasteiger partial charge in [-0.15, -0.1) is 0 Å². The Morgan fingerprint density at radius 1 is 1.03 bits per heavy atom. The van der Waals surface area contributed by atoms with Gasteiger partial charge in [0, 0.05) is 48.0 Å². The van der Waals surface area contributed by atoms with Crippen LogP contribution in [-0.4, -0.2) is 32.7 Å². The molecule has 0 aromatic heterocycles. The zero-order valence-electron chi connectivity index (χ0n) is 18.2. The summed E-state index contributed by atoms with van der Waals surface area (Å²) in [4.78, 5) is 17.6. The Bertz CT molecular complexity index is 1190. The van der Waals surface area contributed by atoms with Crippen molar-refractivity contribution in [2.75, 3.05) is 30.5 Å². The summed E-state index contributed by atoms with van der Waals surface area (Å²) in [6.45, 7) is 1.42. The minimum absolute atomic E-state index is 0.0952. The molecule has 0 amide bonds. The molecule has 2 aliphatic heterocycles. The molecule has 2 heterocycles. The fraction of sp³-hybridized carbons (Fsp3) is 0.222. The summed E-state index contributed by atoms with van der Waals surface area (Å²) in [5, 5.41) is 0.715. The van der Waals surface area contributed by atoms with Crippen molar-refractivity contribution in [1.29, 1.82) is 0 Å². The number of ether oxygens (including phenoxy) is 1. The molecular formula is C27H25ClN2O2. The van der Waals surface area contributed by atoms with Crippen LogP contribution in [0.1, 0.15) is 22.6 Å². The first-order valence-corrected chi connectivity index (χ1v) is 11.1. The lowest BCUT2D eigenvalue weighted by molar-refractivity contribution is -0.140. The highest BCUT2D eigenvalue weighted by atomic mass is 35.5. The number of likely N-dealkylation sites (N-methyl/N-ethyl adjacent to an activating group) is 1. The second-order valence-electron chi connectivity index (χ2n) is 8.37. The van der Waals surface area contributed by atoms with Crippen LogP contribution in [0.2, 0.25) is 5.02 Å². The van der Waals surface area contributed by atoms with Gasteiger partial charge in [-0.2, -0.15) is 0 Å². The highest BCUT2D eigenvalue weighted by Gasteiger charge is 2.42. The zero-order chi connectivity index (χ0) is 22.2. The predicted octanol–water partition coefficient (Wildman–Crippen LogP) is 5.52. The van der Waals surface area contributed by atoms with Crippen LogP contribution in [0.5, 0.6) is 0 Å². The third-order valence-corrected chi connectivity index (χ3v) is 6.62. The largest absolute Gasteiger partial charge is 0.467 e. The third-order valence-electron chi connectivity index (χ3n) is 6.38. The van der Waals surface area contributed by atoms with Gasteiger partial charge in [0.05, 0.1) is 7.11 Å². The number of rotatable bonds is 4. The molecule has 0 fully saturated rings. The van der Waals surface area contributed by atoms with Gasteiger partial charge in [0.15, 0.2) is 6.04 Å². The Kier molecular flexibility index (Phi) is 5.40. The Balaban J connectivity index is 1.68. The summed E-state index contributed by atoms with van der Waals surface area (Å²) in [5.74, 6) is -0.151. The second-order valence-corrected chi connectivity index (χ2v) is 8.81. The quantitative estimate of drug-likeness (QED) is 0.496. The summed E-state index contributed by atoms with van der Waals surface area (Å²) in [6.07, 6.45) is 2.24. The molecule has 3 aromatic rings. The van der Waals surface area contributed by atoms with Crippen LogP contribution in [-0.2, 0) is 16.1 Å². The summed E-state index contributed by atoms with van der Waals surface area (Å²) in [5.41, 5.74) is 6.60. The molecule has 5 rings (SSSR count). The average Bonchev–Trinajstić information content (AvgIpc) is 3.02. The molecule has 4 nitrogen and oxygen atoms in total. The van der Waals surface area contributed by atoms with Gasteiger partial charge in [-0.25, -0.2) is 4.79 Å². The van der Waals surface area contributed by atoms with Crippen LogP contribution >= 0.6 is 11.6 Å². The molecule has 5 heteroatoms. The van der Waals surface area contributed by atoms with E-state index < -0.39 is 6.04 Å². The number of carbonyl (C=O) groups is 1. The van der Waals surface area contributed by atoms with E-state index in [0.717, 1.165) is 40.2 Å². The highest BCUT2D eigenvalue weighted by molar-refractivity contribution is 6.30. The lowest BCUT2D eigenvalue weighted by Crippen LogP contribution is -2.38. The molecule has 162 valence electrons. The van der Waals surface area contributed by atoms with Crippen LogP contribution in [0.4, 0.5) is 11.4 Å². The molecule has 1 unspecified atom stereocenters. The number of methoxy groups -OCH3 is 1. The Labute approximate surface area is 193 Å². The number of hydrogen-bond acceptors (Lipinski definition) is 4. The van der Waals surface area contributed by atoms with Crippen molar-refractivity contribution in [3.63, 3.8) is 0 Å². The lowest BCUT2D eigenvalue weighted by atomic mass is 9.93. The standard InChI is InChI=1S/C27H25ClN2O2/c1-29-17-20(19-10-6-11-21(28)14-19)15-22-25-23(29)12-7-13-24(25)30(26(22)27(31)32-2)16-18-8-4-3-5-9-18/h3-15,20,26H,16-17H2,1-2H3/t20?,26-/m0/s1. The van der Waals surface area contributed by atoms with Gasteiger partial charge in [-0.05, 0) is 41.0 Å². The molecule has 0 spiro atoms. The maximum atomic E-state index is 13.1. The van der Waals surface area contributed by atoms with Crippen molar-refractivity contribution >= 4 is 34.5 Å². The van der Waals surface area contributed by atoms with Crippen molar-refractivity contribution in [1.82, 2.24) is 0 Å². The number of esters is 1. The molecule has 0 saturated heterocycles. The van der Waals surface area contributed by atoms with Crippen molar-refractivity contribution in [3.8, 4) is 0 Å². The molecular weight excluding hydrogens is 420 g/mol. The van der Waals surface area contributed by atoms with E-state index in [-0.39, 0.29) is 11.9 Å². The van der Waals surface area contributed by atoms with Crippen LogP contribution in [0, 0.1) is 0 Å². The molecule has 0 saturated carbocycles. The van der Waals surface area contributed by atoms with E-state index in [0.29, 0.717) is 11.6 Å². The normalized spacial score (nSPS) is 19.3. The first-order chi connectivity index (χ1) is 15.6. The van der Waals surface area contributed by atoms with Gasteiger partial charge in [0.25, 0.3) is 0 Å². The van der Waals surface area contributed by atoms with Crippen molar-refractivity contribution in [2.24, 2.45) is 0 Å². The van der Waals surface area contributed by atoms with E-state index in [4.69, 9.17) is 16.3 Å². The Morgan fingerprint density at radius 3 is 2.53 bits per heavy atom. The van der Waals surface area contributed by atoms with Crippen LogP contribution in [0.3, 0.4) is 0 Å². The molecule has 2 atom stereocenters. The number of carbonyl (C=O) groups excluding carboxylic acids is 1. The van der Waals surface area contributed by atoms with Gasteiger partial charge in [0.1, 0.15) is 0 Å². The monoisotopic (exact) mass is 444 g/mol. The maximum Gasteiger partial charge on any atom is 0.333 e. The van der Waals surface area contributed by atoms with Gasteiger partial charge < -0.3 is 14.5 Å². The predicted molar refractivity (Wildman–Crippen MR) is 130 cm³/mol. The van der Waals surface area contributed by atoms with Crippen LogP contribution in [0.15, 0.2) is 78.9 Å². The molecule has 0 bridgehead atoms. The first-order valence-electron chi connectivity index (χ1n) is 10.8. The number of halogens is 1. The molecule has 32 heavy (non-hydrogen) atoms. The maximum absolute atomic E-state index is 13.1. The van der Waals surface area contributed by atoms with E-state index in [1.807, 2.05) is 36.4 Å². The van der Waals surface area contributed by atoms with E-state index >= 15 is 0 Å². The van der Waals surface area contributed by atoms with E-state index in [1.165, 1.54) is 7.11 Å². The van der Waals surface area contributed by atoms with Gasteiger partial charge in [0.2, 0.25) is 0 Å². The number of nitrogens with zero attached hydrogens (tertiary/aromatic N) is 2. The smallest absolute Gasteiger partial charge is 0.333 e. The van der Waals surface area contributed by atoms with Crippen LogP contribution in [0.25, 0.3) is 5.57 Å². The van der Waals surface area contributed by atoms with Gasteiger partial charge in [-0.1, -0.05) is 66.2 Å². The molecule has 3 aromatic carbocycles. The molecule has 0 N–H and O–H groups in total. The Morgan fingerprint density at radius 2 is 1.78 bits per heavy atom. The topological polar surface area (TPSA) is 32.8 Å². The van der Waals surface area contributed by atoms with E-state index in [9.17, 15) is 4.79 Å². The second kappa shape index (κ2) is 8.36. The lowest BCUT2D eigenvalue weighted by Gasteiger charge is -2.28. The number of hydrogen-bond donors (Lipinski definition) is 0. The number of anilines is 2. The average molecular weight is 445 g/mol. The first kappa shape index (κ1) is 20.7. The van der Waals surface area contributed by atoms with Crippen molar-refractivity contribution in [3.05, 3.63) is 101 Å². The fourth-order valence-electron chi connectivity index (χ4n) is 4.92. The van der Waals surface area contributed by atoms with Crippen molar-refractivity contribution in [2.45, 2.75) is 18.5 Å². The summed E-state index contributed by atoms with van der Waals surface area (Å²) >= 11 is 6.31. The van der Waals surface area contributed by atoms with E-state index in [1.54, 1.807) is 0 Å². The summed E-state index contributed by atoms with van der Waals surface area (Å²) in [6, 6.07) is 24.0. The molecule has 0 radical (unpaired) electrons. The minimum atomic E-state index is -0.496. The molecule has 0 aliphatic carbocycles.